The van der Waals surface area contributed by atoms with Gasteiger partial charge in [-0.1, -0.05) is 19.3 Å². The molecule has 20 heavy (non-hydrogen) atoms. The van der Waals surface area contributed by atoms with Gasteiger partial charge in [0.15, 0.2) is 0 Å². The summed E-state index contributed by atoms with van der Waals surface area (Å²) in [6.07, 6.45) is 12.5. The molecule has 1 atom stereocenters. The first-order valence-electron chi connectivity index (χ1n) is 8.03. The van der Waals surface area contributed by atoms with E-state index in [2.05, 4.69) is 16.5 Å². The van der Waals surface area contributed by atoms with E-state index in [0.717, 1.165) is 12.4 Å². The Hall–Kier alpha value is -1.16. The lowest BCUT2D eigenvalue weighted by molar-refractivity contribution is 0.319. The highest BCUT2D eigenvalue weighted by molar-refractivity contribution is 5.34. The summed E-state index contributed by atoms with van der Waals surface area (Å²) < 4.78 is 0. The molecule has 4 nitrogen and oxygen atoms in total. The van der Waals surface area contributed by atoms with E-state index in [1.54, 1.807) is 0 Å². The molecule has 0 radical (unpaired) electrons. The Balaban J connectivity index is 1.75. The number of hydrogen-bond acceptors (Lipinski definition) is 4. The highest BCUT2D eigenvalue weighted by Crippen LogP contribution is 2.31. The standard InChI is InChI=1S/C16H26N4/c1-20(2)16-17-11-13-14(9-6-10-15(13)19-16)18-12-7-4-3-5-8-12/h11-12,14,18H,3-10H2,1-2H3. The van der Waals surface area contributed by atoms with Gasteiger partial charge in [-0.05, 0) is 32.1 Å². The summed E-state index contributed by atoms with van der Waals surface area (Å²) >= 11 is 0. The Morgan fingerprint density at radius 3 is 2.65 bits per heavy atom. The van der Waals surface area contributed by atoms with Crippen LogP contribution >= 0.6 is 0 Å². The van der Waals surface area contributed by atoms with Crippen LogP contribution in [0.15, 0.2) is 6.20 Å². The van der Waals surface area contributed by atoms with Crippen LogP contribution in [-0.4, -0.2) is 30.1 Å². The van der Waals surface area contributed by atoms with Crippen LogP contribution in [0.4, 0.5) is 5.95 Å². The van der Waals surface area contributed by atoms with E-state index < -0.39 is 0 Å². The maximum atomic E-state index is 4.73. The molecule has 0 aliphatic heterocycles. The molecular formula is C16H26N4. The van der Waals surface area contributed by atoms with Crippen LogP contribution in [0, 0.1) is 0 Å². The lowest BCUT2D eigenvalue weighted by Crippen LogP contribution is -2.36. The molecule has 0 bridgehead atoms. The van der Waals surface area contributed by atoms with Gasteiger partial charge in [-0.2, -0.15) is 0 Å². The zero-order valence-corrected chi connectivity index (χ0v) is 12.7. The second-order valence-corrected chi connectivity index (χ2v) is 6.41. The monoisotopic (exact) mass is 274 g/mol. The molecule has 2 aliphatic carbocycles. The van der Waals surface area contributed by atoms with Gasteiger partial charge in [0.2, 0.25) is 5.95 Å². The van der Waals surface area contributed by atoms with Gasteiger partial charge >= 0.3 is 0 Å². The zero-order valence-electron chi connectivity index (χ0n) is 12.7. The maximum Gasteiger partial charge on any atom is 0.225 e. The third-order valence-electron chi connectivity index (χ3n) is 4.61. The van der Waals surface area contributed by atoms with Crippen molar-refractivity contribution >= 4 is 5.95 Å². The summed E-state index contributed by atoms with van der Waals surface area (Å²) in [6, 6.07) is 1.17. The molecule has 0 amide bonds. The molecular weight excluding hydrogens is 248 g/mol. The van der Waals surface area contributed by atoms with E-state index >= 15 is 0 Å². The largest absolute Gasteiger partial charge is 0.347 e. The van der Waals surface area contributed by atoms with Gasteiger partial charge in [-0.3, -0.25) is 0 Å². The molecule has 3 rings (SSSR count). The molecule has 1 unspecified atom stereocenters. The smallest absolute Gasteiger partial charge is 0.225 e. The van der Waals surface area contributed by atoms with Crippen LogP contribution in [0.25, 0.3) is 0 Å². The number of hydrogen-bond donors (Lipinski definition) is 1. The van der Waals surface area contributed by atoms with Crippen LogP contribution < -0.4 is 10.2 Å². The predicted octanol–water partition coefficient (Wildman–Crippen LogP) is 2.84. The van der Waals surface area contributed by atoms with Crippen LogP contribution in [0.2, 0.25) is 0 Å². The first kappa shape index (κ1) is 13.8. The van der Waals surface area contributed by atoms with Crippen molar-refractivity contribution < 1.29 is 0 Å². The van der Waals surface area contributed by atoms with Gasteiger partial charge in [0.05, 0.1) is 5.69 Å². The van der Waals surface area contributed by atoms with Crippen molar-refractivity contribution in [3.05, 3.63) is 17.5 Å². The van der Waals surface area contributed by atoms with Crippen molar-refractivity contribution in [2.24, 2.45) is 0 Å². The van der Waals surface area contributed by atoms with Crippen molar-refractivity contribution in [2.75, 3.05) is 19.0 Å². The van der Waals surface area contributed by atoms with Crippen molar-refractivity contribution in [1.29, 1.82) is 0 Å². The number of rotatable bonds is 3. The zero-order chi connectivity index (χ0) is 13.9. The summed E-state index contributed by atoms with van der Waals surface area (Å²) in [6.45, 7) is 0. The van der Waals surface area contributed by atoms with Crippen LogP contribution in [0.5, 0.6) is 0 Å². The fraction of sp³-hybridized carbons (Fsp3) is 0.750. The molecule has 110 valence electrons. The number of nitrogens with one attached hydrogen (secondary N) is 1. The Morgan fingerprint density at radius 2 is 1.90 bits per heavy atom. The average Bonchev–Trinajstić information content (AvgIpc) is 2.48. The second kappa shape index (κ2) is 6.08. The molecule has 1 N–H and O–H groups in total. The van der Waals surface area contributed by atoms with E-state index in [4.69, 9.17) is 4.98 Å². The quantitative estimate of drug-likeness (QED) is 0.920. The molecule has 0 saturated heterocycles. The maximum absolute atomic E-state index is 4.73. The number of fused-ring (bicyclic) bond motifs is 1. The Morgan fingerprint density at radius 1 is 1.10 bits per heavy atom. The normalized spacial score (nSPS) is 23.4. The average molecular weight is 274 g/mol. The Bertz CT molecular complexity index is 452. The summed E-state index contributed by atoms with van der Waals surface area (Å²) in [4.78, 5) is 11.2. The van der Waals surface area contributed by atoms with Gasteiger partial charge in [0, 0.05) is 37.9 Å². The molecule has 1 aromatic rings. The van der Waals surface area contributed by atoms with E-state index in [9.17, 15) is 0 Å². The molecule has 4 heteroatoms. The topological polar surface area (TPSA) is 41.1 Å². The lowest BCUT2D eigenvalue weighted by Gasteiger charge is -2.32. The Labute approximate surface area is 122 Å². The van der Waals surface area contributed by atoms with E-state index in [1.165, 1.54) is 56.2 Å². The molecule has 0 spiro atoms. The van der Waals surface area contributed by atoms with Gasteiger partial charge in [-0.25, -0.2) is 9.97 Å². The molecule has 1 fully saturated rings. The summed E-state index contributed by atoms with van der Waals surface area (Å²) in [5, 5.41) is 3.87. The molecule has 1 saturated carbocycles. The minimum Gasteiger partial charge on any atom is -0.347 e. The second-order valence-electron chi connectivity index (χ2n) is 6.41. The van der Waals surface area contributed by atoms with Crippen molar-refractivity contribution in [1.82, 2.24) is 15.3 Å². The van der Waals surface area contributed by atoms with Crippen LogP contribution in [0.3, 0.4) is 0 Å². The highest BCUT2D eigenvalue weighted by Gasteiger charge is 2.25. The van der Waals surface area contributed by atoms with Gasteiger partial charge in [0.1, 0.15) is 0 Å². The first-order valence-corrected chi connectivity index (χ1v) is 8.03. The van der Waals surface area contributed by atoms with Gasteiger partial charge < -0.3 is 10.2 Å². The molecule has 0 aromatic carbocycles. The number of aromatic nitrogens is 2. The number of nitrogens with zero attached hydrogens (tertiary/aromatic N) is 3. The fourth-order valence-corrected chi connectivity index (χ4v) is 3.48. The van der Waals surface area contributed by atoms with Crippen molar-refractivity contribution in [3.8, 4) is 0 Å². The predicted molar refractivity (Wildman–Crippen MR) is 82.0 cm³/mol. The third-order valence-corrected chi connectivity index (χ3v) is 4.61. The van der Waals surface area contributed by atoms with E-state index in [0.29, 0.717) is 12.1 Å². The van der Waals surface area contributed by atoms with Gasteiger partial charge in [-0.15, -0.1) is 0 Å². The summed E-state index contributed by atoms with van der Waals surface area (Å²) in [7, 11) is 4.00. The first-order chi connectivity index (χ1) is 9.74. The number of aryl methyl sites for hydroxylation is 1. The van der Waals surface area contributed by atoms with Crippen LogP contribution in [-0.2, 0) is 6.42 Å². The van der Waals surface area contributed by atoms with E-state index in [-0.39, 0.29) is 0 Å². The molecule has 2 aliphatic rings. The SMILES string of the molecule is CN(C)c1ncc2c(n1)CCCC2NC1CCCCC1. The molecule has 1 heterocycles. The number of anilines is 1. The van der Waals surface area contributed by atoms with E-state index in [1.807, 2.05) is 19.0 Å². The third kappa shape index (κ3) is 2.95. The van der Waals surface area contributed by atoms with Gasteiger partial charge in [0.25, 0.3) is 0 Å². The fourth-order valence-electron chi connectivity index (χ4n) is 3.48. The minimum absolute atomic E-state index is 0.470. The summed E-state index contributed by atoms with van der Waals surface area (Å²) in [5.74, 6) is 0.835. The lowest BCUT2D eigenvalue weighted by atomic mass is 9.89. The highest BCUT2D eigenvalue weighted by atomic mass is 15.2. The Kier molecular flexibility index (Phi) is 4.20. The van der Waals surface area contributed by atoms with Crippen LogP contribution in [0.1, 0.15) is 62.2 Å². The van der Waals surface area contributed by atoms with Crippen molar-refractivity contribution in [3.63, 3.8) is 0 Å². The minimum atomic E-state index is 0.470. The summed E-state index contributed by atoms with van der Waals surface area (Å²) in [5.41, 5.74) is 2.59. The van der Waals surface area contributed by atoms with Crippen molar-refractivity contribution in [2.45, 2.75) is 63.5 Å². The molecule has 1 aromatic heterocycles.